The van der Waals surface area contributed by atoms with Crippen molar-refractivity contribution < 1.29 is 23.9 Å². The predicted molar refractivity (Wildman–Crippen MR) is 105 cm³/mol. The maximum Gasteiger partial charge on any atom is 0.408 e. The number of carbonyl (C=O) groups is 4. The van der Waals surface area contributed by atoms with E-state index in [4.69, 9.17) is 4.74 Å². The summed E-state index contributed by atoms with van der Waals surface area (Å²) < 4.78 is 5.25. The van der Waals surface area contributed by atoms with E-state index in [1.54, 1.807) is 20.8 Å². The Labute approximate surface area is 167 Å². The summed E-state index contributed by atoms with van der Waals surface area (Å²) in [7, 11) is 0. The van der Waals surface area contributed by atoms with Crippen molar-refractivity contribution in [1.82, 2.24) is 15.5 Å². The third-order valence-corrected chi connectivity index (χ3v) is 4.30. The maximum absolute atomic E-state index is 13.1. The van der Waals surface area contributed by atoms with Crippen molar-refractivity contribution in [2.24, 2.45) is 11.8 Å². The highest BCUT2D eigenvalue weighted by Crippen LogP contribution is 2.21. The summed E-state index contributed by atoms with van der Waals surface area (Å²) in [5.41, 5.74) is -0.679. The SMILES string of the molecule is CC(C)CC(=O)NC(=O)[C@@H]1CCCN1C(=O)[C@@H](NC(=O)OC(C)(C)C)C(C)C. The Hall–Kier alpha value is -2.12. The molecule has 1 rings (SSSR count). The van der Waals surface area contributed by atoms with Crippen LogP contribution in [0.4, 0.5) is 4.79 Å². The minimum atomic E-state index is -0.811. The molecule has 2 N–H and O–H groups in total. The number of amides is 4. The molecule has 1 fully saturated rings. The molecule has 2 atom stereocenters. The molecule has 0 radical (unpaired) electrons. The van der Waals surface area contributed by atoms with E-state index in [1.807, 2.05) is 27.7 Å². The van der Waals surface area contributed by atoms with E-state index in [2.05, 4.69) is 10.6 Å². The summed E-state index contributed by atoms with van der Waals surface area (Å²) in [6, 6.07) is -1.51. The summed E-state index contributed by atoms with van der Waals surface area (Å²) in [5, 5.41) is 5.02. The Morgan fingerprint density at radius 1 is 1.11 bits per heavy atom. The monoisotopic (exact) mass is 397 g/mol. The molecule has 0 aromatic carbocycles. The second-order valence-electron chi connectivity index (χ2n) is 9.07. The molecular formula is C20H35N3O5. The number of ether oxygens (including phenoxy) is 1. The number of nitrogens with zero attached hydrogens (tertiary/aromatic N) is 1. The van der Waals surface area contributed by atoms with Crippen LogP contribution in [-0.2, 0) is 19.1 Å². The second-order valence-corrected chi connectivity index (χ2v) is 9.07. The Balaban J connectivity index is 2.83. The Bertz CT molecular complexity index is 595. The molecule has 8 heteroatoms. The molecule has 1 aliphatic heterocycles. The van der Waals surface area contributed by atoms with Crippen molar-refractivity contribution >= 4 is 23.8 Å². The minimum absolute atomic E-state index is 0.137. The first-order chi connectivity index (χ1) is 12.8. The molecule has 0 aromatic rings. The minimum Gasteiger partial charge on any atom is -0.444 e. The quantitative estimate of drug-likeness (QED) is 0.715. The molecule has 160 valence electrons. The van der Waals surface area contributed by atoms with E-state index in [-0.39, 0.29) is 30.1 Å². The van der Waals surface area contributed by atoms with E-state index in [1.165, 1.54) is 4.90 Å². The van der Waals surface area contributed by atoms with Gasteiger partial charge in [0.2, 0.25) is 17.7 Å². The number of rotatable bonds is 6. The van der Waals surface area contributed by atoms with Crippen molar-refractivity contribution in [3.8, 4) is 0 Å². The van der Waals surface area contributed by atoms with Crippen LogP contribution in [-0.4, -0.2) is 52.9 Å². The van der Waals surface area contributed by atoms with E-state index in [9.17, 15) is 19.2 Å². The van der Waals surface area contributed by atoms with Gasteiger partial charge < -0.3 is 15.0 Å². The van der Waals surface area contributed by atoms with Gasteiger partial charge in [0, 0.05) is 13.0 Å². The van der Waals surface area contributed by atoms with E-state index in [0.717, 1.165) is 0 Å². The molecule has 0 aromatic heterocycles. The Morgan fingerprint density at radius 2 is 1.71 bits per heavy atom. The van der Waals surface area contributed by atoms with Crippen LogP contribution in [0.5, 0.6) is 0 Å². The zero-order valence-electron chi connectivity index (χ0n) is 18.1. The van der Waals surface area contributed by atoms with Gasteiger partial charge in [-0.15, -0.1) is 0 Å². The largest absolute Gasteiger partial charge is 0.444 e. The standard InChI is InChI=1S/C20H35N3O5/c1-12(2)11-15(24)21-17(25)14-9-8-10-23(14)18(26)16(13(3)4)22-19(27)28-20(5,6)7/h12-14,16H,8-11H2,1-7H3,(H,22,27)(H,21,24,25)/t14-,16-/m0/s1. The Kier molecular flexibility index (Phi) is 8.45. The fraction of sp³-hybridized carbons (Fsp3) is 0.800. The van der Waals surface area contributed by atoms with Gasteiger partial charge in [0.1, 0.15) is 17.7 Å². The topological polar surface area (TPSA) is 105 Å². The van der Waals surface area contributed by atoms with Crippen molar-refractivity contribution in [3.63, 3.8) is 0 Å². The Morgan fingerprint density at radius 3 is 2.21 bits per heavy atom. The molecule has 0 bridgehead atoms. The van der Waals surface area contributed by atoms with Crippen LogP contribution in [0.1, 0.15) is 67.7 Å². The fourth-order valence-corrected chi connectivity index (χ4v) is 3.07. The van der Waals surface area contributed by atoms with Crippen LogP contribution in [0.2, 0.25) is 0 Å². The van der Waals surface area contributed by atoms with Crippen molar-refractivity contribution in [1.29, 1.82) is 0 Å². The third-order valence-electron chi connectivity index (χ3n) is 4.30. The van der Waals surface area contributed by atoms with E-state index >= 15 is 0 Å². The number of nitrogens with one attached hydrogen (secondary N) is 2. The van der Waals surface area contributed by atoms with Gasteiger partial charge >= 0.3 is 6.09 Å². The number of alkyl carbamates (subject to hydrolysis) is 1. The predicted octanol–water partition coefficient (Wildman–Crippen LogP) is 2.22. The zero-order chi connectivity index (χ0) is 21.6. The van der Waals surface area contributed by atoms with Gasteiger partial charge in [-0.2, -0.15) is 0 Å². The summed E-state index contributed by atoms with van der Waals surface area (Å²) in [4.78, 5) is 51.1. The number of carbonyl (C=O) groups excluding carboxylic acids is 4. The van der Waals surface area contributed by atoms with Crippen molar-refractivity contribution in [2.45, 2.75) is 85.4 Å². The fourth-order valence-electron chi connectivity index (χ4n) is 3.07. The van der Waals surface area contributed by atoms with E-state index in [0.29, 0.717) is 19.4 Å². The zero-order valence-corrected chi connectivity index (χ0v) is 18.1. The lowest BCUT2D eigenvalue weighted by molar-refractivity contribution is -0.142. The first kappa shape index (κ1) is 23.9. The smallest absolute Gasteiger partial charge is 0.408 e. The van der Waals surface area contributed by atoms with Crippen LogP contribution in [0.3, 0.4) is 0 Å². The maximum atomic E-state index is 13.1. The van der Waals surface area contributed by atoms with Gasteiger partial charge in [-0.25, -0.2) is 4.79 Å². The summed E-state index contributed by atoms with van der Waals surface area (Å²) in [6.07, 6.45) is 0.733. The number of imide groups is 1. The number of hydrogen-bond acceptors (Lipinski definition) is 5. The molecule has 1 saturated heterocycles. The molecule has 0 unspecified atom stereocenters. The molecule has 0 saturated carbocycles. The average Bonchev–Trinajstić information content (AvgIpc) is 2.98. The molecule has 0 aliphatic carbocycles. The third kappa shape index (κ3) is 7.48. The van der Waals surface area contributed by atoms with Crippen LogP contribution >= 0.6 is 0 Å². The average molecular weight is 398 g/mol. The van der Waals surface area contributed by atoms with Gasteiger partial charge in [0.25, 0.3) is 0 Å². The van der Waals surface area contributed by atoms with Crippen LogP contribution in [0.25, 0.3) is 0 Å². The lowest BCUT2D eigenvalue weighted by atomic mass is 10.0. The van der Waals surface area contributed by atoms with Crippen LogP contribution < -0.4 is 10.6 Å². The molecule has 4 amide bonds. The summed E-state index contributed by atoms with van der Waals surface area (Å²) in [5.74, 6) is -1.19. The lowest BCUT2D eigenvalue weighted by Crippen LogP contribution is -2.56. The summed E-state index contributed by atoms with van der Waals surface area (Å²) >= 11 is 0. The van der Waals surface area contributed by atoms with Crippen molar-refractivity contribution in [3.05, 3.63) is 0 Å². The molecular weight excluding hydrogens is 362 g/mol. The molecule has 1 heterocycles. The van der Waals surface area contributed by atoms with Gasteiger partial charge in [0.15, 0.2) is 0 Å². The highest BCUT2D eigenvalue weighted by molar-refractivity contribution is 6.00. The van der Waals surface area contributed by atoms with E-state index < -0.39 is 29.7 Å². The van der Waals surface area contributed by atoms with Crippen molar-refractivity contribution in [2.75, 3.05) is 6.54 Å². The molecule has 28 heavy (non-hydrogen) atoms. The van der Waals surface area contributed by atoms with Gasteiger partial charge in [-0.05, 0) is 45.4 Å². The molecule has 0 spiro atoms. The number of likely N-dealkylation sites (tertiary alicyclic amines) is 1. The second kappa shape index (κ2) is 9.89. The van der Waals surface area contributed by atoms with Crippen LogP contribution in [0, 0.1) is 11.8 Å². The van der Waals surface area contributed by atoms with Crippen LogP contribution in [0.15, 0.2) is 0 Å². The van der Waals surface area contributed by atoms with Gasteiger partial charge in [-0.3, -0.25) is 19.7 Å². The highest BCUT2D eigenvalue weighted by atomic mass is 16.6. The number of hydrogen-bond donors (Lipinski definition) is 2. The first-order valence-corrected chi connectivity index (χ1v) is 9.95. The van der Waals surface area contributed by atoms with Gasteiger partial charge in [-0.1, -0.05) is 27.7 Å². The first-order valence-electron chi connectivity index (χ1n) is 9.95. The lowest BCUT2D eigenvalue weighted by Gasteiger charge is -2.31. The van der Waals surface area contributed by atoms with Gasteiger partial charge in [0.05, 0.1) is 0 Å². The summed E-state index contributed by atoms with van der Waals surface area (Å²) in [6.45, 7) is 13.1. The highest BCUT2D eigenvalue weighted by Gasteiger charge is 2.39. The molecule has 1 aliphatic rings. The normalized spacial score (nSPS) is 18.2. The molecule has 8 nitrogen and oxygen atoms in total.